The van der Waals surface area contributed by atoms with Gasteiger partial charge in [0, 0.05) is 49.4 Å². The highest BCUT2D eigenvalue weighted by Gasteiger charge is 2.09. The maximum Gasteiger partial charge on any atom is 0.352 e. The lowest BCUT2D eigenvalue weighted by Gasteiger charge is -2.08. The van der Waals surface area contributed by atoms with Crippen molar-refractivity contribution in [2.75, 3.05) is 0 Å². The first kappa shape index (κ1) is 34.1. The number of pyridine rings is 2. The van der Waals surface area contributed by atoms with E-state index in [2.05, 4.69) is 5.32 Å². The van der Waals surface area contributed by atoms with Gasteiger partial charge in [-0.3, -0.25) is 14.4 Å². The number of aromatic carboxylic acids is 1. The fourth-order valence-electron chi connectivity index (χ4n) is 3.07. The summed E-state index contributed by atoms with van der Waals surface area (Å²) in [6.45, 7) is 0.969. The van der Waals surface area contributed by atoms with Gasteiger partial charge < -0.3 is 25.3 Å². The molecule has 40 heavy (non-hydrogen) atoms. The van der Waals surface area contributed by atoms with E-state index >= 15 is 0 Å². The number of carbonyl (C=O) groups is 2. The van der Waals surface area contributed by atoms with Crippen LogP contribution in [-0.4, -0.2) is 26.1 Å². The highest BCUT2D eigenvalue weighted by Crippen LogP contribution is 2.09. The minimum absolute atomic E-state index is 0. The molecule has 0 radical (unpaired) electrons. The Morgan fingerprint density at radius 3 is 1.60 bits per heavy atom. The molecule has 4 aromatic rings. The summed E-state index contributed by atoms with van der Waals surface area (Å²) < 4.78 is 2.40. The molecule has 0 unspecified atom stereocenters. The largest absolute Gasteiger partial charge is 0.477 e. The van der Waals surface area contributed by atoms with Crippen LogP contribution in [0.5, 0.6) is 0 Å². The molecule has 4 N–H and O–H groups in total. The highest BCUT2D eigenvalue weighted by atomic mass is 35.5. The summed E-state index contributed by atoms with van der Waals surface area (Å²) in [5, 5.41) is 12.7. The van der Waals surface area contributed by atoms with Crippen LogP contribution >= 0.6 is 35.6 Å². The van der Waals surface area contributed by atoms with Crippen molar-refractivity contribution in [3.05, 3.63) is 138 Å². The highest BCUT2D eigenvalue weighted by molar-refractivity contribution is 6.30. The number of halogens is 3. The summed E-state index contributed by atoms with van der Waals surface area (Å²) in [6, 6.07) is 23.4. The zero-order chi connectivity index (χ0) is 28.9. The maximum atomic E-state index is 12.0. The van der Waals surface area contributed by atoms with Crippen molar-refractivity contribution in [2.45, 2.75) is 13.1 Å². The smallest absolute Gasteiger partial charge is 0.352 e. The maximum absolute atomic E-state index is 12.0. The summed E-state index contributed by atoms with van der Waals surface area (Å²) in [5.41, 5.74) is 7.22. The lowest BCUT2D eigenvalue weighted by Crippen LogP contribution is -2.30. The molecule has 0 saturated heterocycles. The number of hydrogen-bond donors (Lipinski definition) is 3. The van der Waals surface area contributed by atoms with Gasteiger partial charge in [-0.05, 0) is 47.5 Å². The van der Waals surface area contributed by atoms with Gasteiger partial charge in [-0.25, -0.2) is 4.79 Å². The Morgan fingerprint density at radius 1 is 0.750 bits per heavy atom. The number of nitrogens with one attached hydrogen (secondary N) is 1. The molecule has 0 fully saturated rings. The van der Waals surface area contributed by atoms with E-state index in [1.165, 1.54) is 35.9 Å². The third-order valence-electron chi connectivity index (χ3n) is 5.34. The Kier molecular flexibility index (Phi) is 14.5. The molecule has 2 aromatic heterocycles. The Hall–Kier alpha value is -3.89. The summed E-state index contributed by atoms with van der Waals surface area (Å²) in [4.78, 5) is 44.6. The molecule has 0 bridgehead atoms. The van der Waals surface area contributed by atoms with Crippen LogP contribution in [0.4, 0.5) is 0 Å². The van der Waals surface area contributed by atoms with Gasteiger partial charge in [0.25, 0.3) is 17.0 Å². The third kappa shape index (κ3) is 10.7. The topological polar surface area (TPSA) is 136 Å². The minimum Gasteiger partial charge on any atom is -0.477 e. The number of carbonyl (C=O) groups excluding carboxylic acids is 1. The molecule has 0 aliphatic rings. The lowest BCUT2D eigenvalue weighted by molar-refractivity contribution is 0.0684. The molecule has 0 spiro atoms. The molecule has 0 aliphatic heterocycles. The fraction of sp³-hybridized carbons (Fsp3) is 0.143. The first-order chi connectivity index (χ1) is 18.5. The normalized spacial score (nSPS) is 9.62. The minimum atomic E-state index is -1.09. The van der Waals surface area contributed by atoms with Crippen LogP contribution in [0.15, 0.2) is 94.5 Å². The van der Waals surface area contributed by atoms with E-state index in [1.807, 2.05) is 36.4 Å². The average molecular weight is 608 g/mol. The van der Waals surface area contributed by atoms with E-state index in [4.69, 9.17) is 34.0 Å². The van der Waals surface area contributed by atoms with Gasteiger partial charge in [-0.1, -0.05) is 59.6 Å². The monoisotopic (exact) mass is 606 g/mol. The molecule has 0 atom stereocenters. The SMILES string of the molecule is Cl.Cn1c(C(=O)NCc2ccc(Cl)cc2)cccc1=O.Cn1c(C(=O)O)cccc1=O.NCc1ccc(Cl)cc1. The molecule has 9 nitrogen and oxygen atoms in total. The molecule has 0 saturated carbocycles. The lowest BCUT2D eigenvalue weighted by atomic mass is 10.2. The van der Waals surface area contributed by atoms with Gasteiger partial charge in [0.15, 0.2) is 0 Å². The van der Waals surface area contributed by atoms with Gasteiger partial charge in [0.2, 0.25) is 0 Å². The van der Waals surface area contributed by atoms with Gasteiger partial charge in [-0.2, -0.15) is 0 Å². The number of benzene rings is 2. The standard InChI is InChI=1S/C14H13ClN2O2.C7H8ClN.C7H7NO3.ClH/c1-17-12(3-2-4-13(17)18)14(19)16-9-10-5-7-11(15)8-6-10;8-7-3-1-6(5-9)2-4-7;1-8-5(7(10)11)3-2-4-6(8)9;/h2-8H,9H2,1H3,(H,16,19);1-4H,5,9H2;2-4H,1H3,(H,10,11);1H. The molecule has 4 rings (SSSR count). The molecule has 2 aromatic carbocycles. The zero-order valence-corrected chi connectivity index (χ0v) is 24.0. The molecule has 212 valence electrons. The molecular weight excluding hydrogens is 579 g/mol. The summed E-state index contributed by atoms with van der Waals surface area (Å²) in [6.07, 6.45) is 0. The number of carboxylic acid groups (broad SMARTS) is 1. The van der Waals surface area contributed by atoms with Crippen molar-refractivity contribution < 1.29 is 14.7 Å². The quantitative estimate of drug-likeness (QED) is 0.310. The summed E-state index contributed by atoms with van der Waals surface area (Å²) >= 11 is 11.4. The van der Waals surface area contributed by atoms with Crippen molar-refractivity contribution in [1.82, 2.24) is 14.5 Å². The number of nitrogens with two attached hydrogens (primary N) is 1. The number of nitrogens with zero attached hydrogens (tertiary/aromatic N) is 2. The molecule has 0 aliphatic carbocycles. The van der Waals surface area contributed by atoms with Crippen LogP contribution in [0.2, 0.25) is 10.0 Å². The van der Waals surface area contributed by atoms with Crippen molar-refractivity contribution >= 4 is 47.5 Å². The number of rotatable bonds is 5. The number of aromatic nitrogens is 2. The van der Waals surface area contributed by atoms with Crippen LogP contribution in [0.3, 0.4) is 0 Å². The summed E-state index contributed by atoms with van der Waals surface area (Å²) in [7, 11) is 2.99. The van der Waals surface area contributed by atoms with E-state index in [-0.39, 0.29) is 35.1 Å². The fourth-order valence-corrected chi connectivity index (χ4v) is 3.32. The predicted molar refractivity (Wildman–Crippen MR) is 160 cm³/mol. The van der Waals surface area contributed by atoms with Crippen LogP contribution < -0.4 is 22.2 Å². The van der Waals surface area contributed by atoms with Crippen molar-refractivity contribution in [3.63, 3.8) is 0 Å². The Morgan fingerprint density at radius 2 is 1.18 bits per heavy atom. The second-order valence-corrected chi connectivity index (χ2v) is 8.93. The number of hydrogen-bond acceptors (Lipinski definition) is 5. The summed E-state index contributed by atoms with van der Waals surface area (Å²) in [5.74, 6) is -1.37. The first-order valence-electron chi connectivity index (χ1n) is 11.6. The van der Waals surface area contributed by atoms with Gasteiger partial charge in [0.05, 0.1) is 0 Å². The van der Waals surface area contributed by atoms with Crippen LogP contribution in [0.1, 0.15) is 32.1 Å². The second kappa shape index (κ2) is 16.9. The van der Waals surface area contributed by atoms with E-state index in [0.29, 0.717) is 23.8 Å². The van der Waals surface area contributed by atoms with Crippen molar-refractivity contribution in [3.8, 4) is 0 Å². The molecular formula is C28H29Cl3N4O5. The van der Waals surface area contributed by atoms with Gasteiger partial charge in [-0.15, -0.1) is 12.4 Å². The van der Waals surface area contributed by atoms with Crippen LogP contribution in [-0.2, 0) is 27.2 Å². The van der Waals surface area contributed by atoms with Gasteiger partial charge in [0.1, 0.15) is 11.4 Å². The van der Waals surface area contributed by atoms with Gasteiger partial charge >= 0.3 is 5.97 Å². The number of amides is 1. The molecule has 12 heteroatoms. The average Bonchev–Trinajstić information content (AvgIpc) is 2.92. The second-order valence-electron chi connectivity index (χ2n) is 8.06. The van der Waals surface area contributed by atoms with E-state index in [0.717, 1.165) is 20.7 Å². The van der Waals surface area contributed by atoms with Crippen molar-refractivity contribution in [2.24, 2.45) is 19.8 Å². The molecule has 1 amide bonds. The van der Waals surface area contributed by atoms with Crippen LogP contribution in [0, 0.1) is 0 Å². The Bertz CT molecular complexity index is 1520. The third-order valence-corrected chi connectivity index (χ3v) is 5.84. The van der Waals surface area contributed by atoms with E-state index in [9.17, 15) is 19.2 Å². The van der Waals surface area contributed by atoms with E-state index in [1.54, 1.807) is 31.3 Å². The first-order valence-corrected chi connectivity index (χ1v) is 12.3. The van der Waals surface area contributed by atoms with Crippen molar-refractivity contribution in [1.29, 1.82) is 0 Å². The Labute approximate surface area is 247 Å². The van der Waals surface area contributed by atoms with Crippen LogP contribution in [0.25, 0.3) is 0 Å². The number of carboxylic acids is 1. The Balaban J connectivity index is 0.000000324. The van der Waals surface area contributed by atoms with E-state index < -0.39 is 5.97 Å². The molecule has 2 heterocycles. The zero-order valence-electron chi connectivity index (χ0n) is 21.7. The predicted octanol–water partition coefficient (Wildman–Crippen LogP) is 4.27.